The Morgan fingerprint density at radius 2 is 2.10 bits per heavy atom. The molecule has 12 heteroatoms. The quantitative estimate of drug-likeness (QED) is 0.523. The van der Waals surface area contributed by atoms with Gasteiger partial charge >= 0.3 is 5.97 Å². The number of carboxylic acids is 1. The third-order valence-electron chi connectivity index (χ3n) is 3.89. The van der Waals surface area contributed by atoms with E-state index >= 15 is 0 Å². The van der Waals surface area contributed by atoms with Crippen molar-refractivity contribution in [2.75, 3.05) is 0 Å². The first-order valence-electron chi connectivity index (χ1n) is 8.39. The molecule has 2 atom stereocenters. The highest BCUT2D eigenvalue weighted by molar-refractivity contribution is 9.10. The minimum atomic E-state index is -1.09. The average molecular weight is 466 g/mol. The van der Waals surface area contributed by atoms with Crippen molar-refractivity contribution in [1.82, 2.24) is 25.4 Å². The fraction of sp³-hybridized carbons (Fsp3) is 0.235. The van der Waals surface area contributed by atoms with Crippen molar-refractivity contribution < 1.29 is 28.3 Å². The molecule has 29 heavy (non-hydrogen) atoms. The lowest BCUT2D eigenvalue weighted by molar-refractivity contribution is -0.138. The monoisotopic (exact) mass is 465 g/mol. The molecule has 1 N–H and O–H groups in total. The highest BCUT2D eigenvalue weighted by Crippen LogP contribution is 2.30. The Labute approximate surface area is 171 Å². The minimum Gasteiger partial charge on any atom is -0.485 e. The van der Waals surface area contributed by atoms with Gasteiger partial charge in [0.2, 0.25) is 11.6 Å². The predicted octanol–water partition coefficient (Wildman–Crippen LogP) is 2.47. The Hall–Kier alpha value is -3.28. The van der Waals surface area contributed by atoms with Crippen LogP contribution in [0, 0.1) is 5.82 Å². The number of rotatable bonds is 7. The molecule has 150 valence electrons. The maximum atomic E-state index is 13.4. The van der Waals surface area contributed by atoms with E-state index < -0.39 is 12.5 Å². The minimum absolute atomic E-state index is 0.0905. The number of aromatic nitrogens is 5. The Bertz CT molecular complexity index is 1070. The Balaban J connectivity index is 1.35. The van der Waals surface area contributed by atoms with E-state index in [4.69, 9.17) is 19.1 Å². The van der Waals surface area contributed by atoms with Crippen LogP contribution in [0.2, 0.25) is 0 Å². The third-order valence-corrected chi connectivity index (χ3v) is 4.54. The number of halogens is 2. The van der Waals surface area contributed by atoms with Crippen molar-refractivity contribution in [3.63, 3.8) is 0 Å². The maximum Gasteiger partial charge on any atom is 0.327 e. The summed E-state index contributed by atoms with van der Waals surface area (Å²) in [6.07, 6.45) is 3.52. The number of carboxylic acid groups (broad SMARTS) is 1. The van der Waals surface area contributed by atoms with Gasteiger partial charge in [0.15, 0.2) is 6.54 Å². The Morgan fingerprint density at radius 3 is 2.90 bits per heavy atom. The molecule has 10 nitrogen and oxygen atoms in total. The normalized spacial score (nSPS) is 18.1. The van der Waals surface area contributed by atoms with Crippen molar-refractivity contribution in [1.29, 1.82) is 0 Å². The molecule has 4 rings (SSSR count). The summed E-state index contributed by atoms with van der Waals surface area (Å²) in [7, 11) is 0. The molecule has 0 radical (unpaired) electrons. The van der Waals surface area contributed by atoms with E-state index in [1.54, 1.807) is 6.07 Å². The molecule has 0 bridgehead atoms. The SMILES string of the molecule is O=C(O)Cn1nnc(-c2cc(OC3C=CC(Oc4cc(F)ccc4Br)C3)no2)n1. The lowest BCUT2D eigenvalue weighted by Gasteiger charge is -2.15. The van der Waals surface area contributed by atoms with Crippen LogP contribution in [-0.2, 0) is 11.3 Å². The smallest absolute Gasteiger partial charge is 0.327 e. The van der Waals surface area contributed by atoms with Gasteiger partial charge in [-0.2, -0.15) is 4.80 Å². The summed E-state index contributed by atoms with van der Waals surface area (Å²) in [6.45, 7) is -0.416. The number of ether oxygens (including phenoxy) is 2. The van der Waals surface area contributed by atoms with Gasteiger partial charge < -0.3 is 19.1 Å². The summed E-state index contributed by atoms with van der Waals surface area (Å²) in [4.78, 5) is 11.6. The first-order chi connectivity index (χ1) is 14.0. The van der Waals surface area contributed by atoms with Crippen LogP contribution in [0.1, 0.15) is 6.42 Å². The van der Waals surface area contributed by atoms with Gasteiger partial charge in [0.1, 0.15) is 23.8 Å². The van der Waals surface area contributed by atoms with Crippen LogP contribution >= 0.6 is 15.9 Å². The number of tetrazole rings is 1. The van der Waals surface area contributed by atoms with Crippen molar-refractivity contribution in [3.05, 3.63) is 46.7 Å². The van der Waals surface area contributed by atoms with Gasteiger partial charge in [-0.25, -0.2) is 4.39 Å². The number of benzene rings is 1. The van der Waals surface area contributed by atoms with Gasteiger partial charge in [-0.3, -0.25) is 4.79 Å². The van der Waals surface area contributed by atoms with E-state index in [-0.39, 0.29) is 35.5 Å². The molecule has 2 heterocycles. The molecule has 0 spiro atoms. The molecule has 0 saturated carbocycles. The summed E-state index contributed by atoms with van der Waals surface area (Å²) in [5.74, 6) is -0.591. The van der Waals surface area contributed by atoms with Gasteiger partial charge in [-0.1, -0.05) is 0 Å². The highest BCUT2D eigenvalue weighted by Gasteiger charge is 2.24. The zero-order valence-electron chi connectivity index (χ0n) is 14.6. The second kappa shape index (κ2) is 7.99. The van der Waals surface area contributed by atoms with Crippen molar-refractivity contribution in [2.24, 2.45) is 0 Å². The Morgan fingerprint density at radius 1 is 1.31 bits per heavy atom. The van der Waals surface area contributed by atoms with Crippen LogP contribution in [0.5, 0.6) is 11.6 Å². The molecule has 2 unspecified atom stereocenters. The molecule has 0 aliphatic heterocycles. The van der Waals surface area contributed by atoms with Crippen LogP contribution in [0.3, 0.4) is 0 Å². The van der Waals surface area contributed by atoms with E-state index in [9.17, 15) is 9.18 Å². The molecule has 0 amide bonds. The number of nitrogens with zero attached hydrogens (tertiary/aromatic N) is 5. The molecule has 2 aromatic heterocycles. The van der Waals surface area contributed by atoms with Gasteiger partial charge in [0.25, 0.3) is 5.88 Å². The molecule has 1 aromatic carbocycles. The number of aliphatic carboxylic acids is 1. The second-order valence-corrected chi connectivity index (χ2v) is 6.93. The van der Waals surface area contributed by atoms with Gasteiger partial charge in [-0.15, -0.1) is 10.2 Å². The predicted molar refractivity (Wildman–Crippen MR) is 97.6 cm³/mol. The van der Waals surface area contributed by atoms with Crippen molar-refractivity contribution in [3.8, 4) is 23.2 Å². The fourth-order valence-electron chi connectivity index (χ4n) is 2.64. The molecule has 0 saturated heterocycles. The number of hydrogen-bond acceptors (Lipinski definition) is 8. The second-order valence-electron chi connectivity index (χ2n) is 6.07. The summed E-state index contributed by atoms with van der Waals surface area (Å²) in [5, 5.41) is 23.8. The molecular weight excluding hydrogens is 453 g/mol. The summed E-state index contributed by atoms with van der Waals surface area (Å²) in [6, 6.07) is 5.70. The summed E-state index contributed by atoms with van der Waals surface area (Å²) < 4.78 is 30.7. The molecular formula is C17H13BrFN5O5. The fourth-order valence-corrected chi connectivity index (χ4v) is 2.98. The van der Waals surface area contributed by atoms with E-state index in [2.05, 4.69) is 36.5 Å². The van der Waals surface area contributed by atoms with E-state index in [1.807, 2.05) is 12.2 Å². The van der Waals surface area contributed by atoms with Gasteiger partial charge in [0, 0.05) is 12.5 Å². The van der Waals surface area contributed by atoms with Crippen molar-refractivity contribution in [2.45, 2.75) is 25.2 Å². The van der Waals surface area contributed by atoms with E-state index in [0.717, 1.165) is 4.80 Å². The summed E-state index contributed by atoms with van der Waals surface area (Å²) >= 11 is 3.33. The topological polar surface area (TPSA) is 125 Å². The average Bonchev–Trinajstić information content (AvgIpc) is 3.40. The van der Waals surface area contributed by atoms with E-state index in [1.165, 1.54) is 18.2 Å². The zero-order valence-corrected chi connectivity index (χ0v) is 16.2. The third kappa shape index (κ3) is 4.59. The number of carbonyl (C=O) groups is 1. The zero-order chi connectivity index (χ0) is 20.4. The largest absolute Gasteiger partial charge is 0.485 e. The molecule has 1 aliphatic carbocycles. The van der Waals surface area contributed by atoms with Crippen molar-refractivity contribution >= 4 is 21.9 Å². The molecule has 1 aliphatic rings. The van der Waals surface area contributed by atoms with Crippen LogP contribution in [0.25, 0.3) is 11.6 Å². The standard InChI is InChI=1S/C17H13BrFN5O5/c18-12-4-1-9(19)5-13(12)27-10-2-3-11(6-10)28-15-7-14(29-22-15)17-20-23-24(21-17)8-16(25)26/h1-5,7,10-11H,6,8H2,(H,25,26). The Kier molecular flexibility index (Phi) is 5.25. The molecule has 3 aromatic rings. The van der Waals surface area contributed by atoms with Crippen LogP contribution in [0.15, 0.2) is 45.4 Å². The first kappa shape index (κ1) is 19.1. The highest BCUT2D eigenvalue weighted by atomic mass is 79.9. The lowest BCUT2D eigenvalue weighted by Crippen LogP contribution is -2.18. The van der Waals surface area contributed by atoms with Crippen LogP contribution in [-0.4, -0.2) is 48.6 Å². The molecule has 0 fully saturated rings. The van der Waals surface area contributed by atoms with Gasteiger partial charge in [-0.05, 0) is 50.6 Å². The van der Waals surface area contributed by atoms with Gasteiger partial charge in [0.05, 0.1) is 10.5 Å². The lowest BCUT2D eigenvalue weighted by atomic mass is 10.2. The maximum absolute atomic E-state index is 13.4. The summed E-state index contributed by atoms with van der Waals surface area (Å²) in [5.41, 5.74) is 0. The number of hydrogen-bond donors (Lipinski definition) is 1. The van der Waals surface area contributed by atoms with Crippen LogP contribution < -0.4 is 9.47 Å². The van der Waals surface area contributed by atoms with E-state index in [0.29, 0.717) is 16.6 Å². The first-order valence-corrected chi connectivity index (χ1v) is 9.19. The van der Waals surface area contributed by atoms with Crippen LogP contribution in [0.4, 0.5) is 4.39 Å².